The van der Waals surface area contributed by atoms with Crippen molar-refractivity contribution in [2.24, 2.45) is 0 Å². The van der Waals surface area contributed by atoms with E-state index in [1.165, 1.54) is 18.2 Å². The zero-order valence-electron chi connectivity index (χ0n) is 12.9. The molecule has 1 heterocycles. The molecule has 1 N–H and O–H groups in total. The van der Waals surface area contributed by atoms with E-state index in [0.717, 1.165) is 10.6 Å². The van der Waals surface area contributed by atoms with Crippen LogP contribution in [0.5, 0.6) is 0 Å². The molecule has 0 bridgehead atoms. The van der Waals surface area contributed by atoms with E-state index in [0.29, 0.717) is 11.1 Å². The van der Waals surface area contributed by atoms with Crippen LogP contribution in [0, 0.1) is 6.92 Å². The van der Waals surface area contributed by atoms with E-state index in [2.05, 4.69) is 43.4 Å². The van der Waals surface area contributed by atoms with Crippen LogP contribution in [0.2, 0.25) is 0 Å². The zero-order valence-corrected chi connectivity index (χ0v) is 12.9. The predicted molar refractivity (Wildman–Crippen MR) is 86.1 cm³/mol. The minimum absolute atomic E-state index is 0.114. The normalized spacial score (nSPS) is 15.0. The number of aryl methyl sites for hydroxylation is 1. The number of fused-ring (bicyclic) bond motifs is 1. The van der Waals surface area contributed by atoms with Crippen LogP contribution in [0.1, 0.15) is 44.8 Å². The average molecular weight is 294 g/mol. The van der Waals surface area contributed by atoms with Gasteiger partial charge in [-0.1, -0.05) is 29.8 Å². The van der Waals surface area contributed by atoms with E-state index < -0.39 is 0 Å². The van der Waals surface area contributed by atoms with Gasteiger partial charge in [-0.3, -0.25) is 14.5 Å². The lowest BCUT2D eigenvalue weighted by molar-refractivity contribution is 0.0693. The average Bonchev–Trinajstić information content (AvgIpc) is 2.72. The highest BCUT2D eigenvalue weighted by atomic mass is 16.2. The molecule has 4 nitrogen and oxygen atoms in total. The number of rotatable bonds is 3. The van der Waals surface area contributed by atoms with Crippen molar-refractivity contribution in [2.75, 3.05) is 12.4 Å². The maximum atomic E-state index is 12.0. The Morgan fingerprint density at radius 1 is 0.955 bits per heavy atom. The molecule has 0 fully saturated rings. The molecule has 2 amide bonds. The standard InChI is InChI=1S/C18H18N2O2/c1-11-4-6-13(7-5-11)12(2)19-14-8-9-15-16(10-14)18(22)20(3)17(15)21/h4-10,12,19H,1-3H3. The van der Waals surface area contributed by atoms with Gasteiger partial charge in [0, 0.05) is 18.8 Å². The molecule has 0 aromatic heterocycles. The molecule has 0 spiro atoms. The molecule has 112 valence electrons. The molecule has 4 heteroatoms. The third kappa shape index (κ3) is 2.37. The fraction of sp³-hybridized carbons (Fsp3) is 0.222. The number of amides is 2. The van der Waals surface area contributed by atoms with Crippen molar-refractivity contribution in [1.29, 1.82) is 0 Å². The molecular weight excluding hydrogens is 276 g/mol. The van der Waals surface area contributed by atoms with Gasteiger partial charge in [0.25, 0.3) is 11.8 Å². The summed E-state index contributed by atoms with van der Waals surface area (Å²) in [5.41, 5.74) is 4.17. The number of anilines is 1. The third-order valence-electron chi connectivity index (χ3n) is 4.05. The van der Waals surface area contributed by atoms with Gasteiger partial charge in [-0.05, 0) is 37.6 Å². The van der Waals surface area contributed by atoms with Gasteiger partial charge in [-0.2, -0.15) is 0 Å². The fourth-order valence-corrected chi connectivity index (χ4v) is 2.64. The fourth-order valence-electron chi connectivity index (χ4n) is 2.64. The molecule has 0 aliphatic carbocycles. The smallest absolute Gasteiger partial charge is 0.261 e. The lowest BCUT2D eigenvalue weighted by Crippen LogP contribution is -2.24. The van der Waals surface area contributed by atoms with E-state index in [-0.39, 0.29) is 17.9 Å². The molecule has 1 aliphatic heterocycles. The summed E-state index contributed by atoms with van der Waals surface area (Å²) in [7, 11) is 1.51. The van der Waals surface area contributed by atoms with E-state index in [4.69, 9.17) is 0 Å². The number of carbonyl (C=O) groups is 2. The van der Waals surface area contributed by atoms with Gasteiger partial charge >= 0.3 is 0 Å². The number of hydrogen-bond donors (Lipinski definition) is 1. The quantitative estimate of drug-likeness (QED) is 0.883. The summed E-state index contributed by atoms with van der Waals surface area (Å²) in [6, 6.07) is 13.7. The maximum absolute atomic E-state index is 12.0. The van der Waals surface area contributed by atoms with Crippen LogP contribution >= 0.6 is 0 Å². The summed E-state index contributed by atoms with van der Waals surface area (Å²) in [5.74, 6) is -0.482. The van der Waals surface area contributed by atoms with Crippen molar-refractivity contribution in [3.05, 3.63) is 64.7 Å². The largest absolute Gasteiger partial charge is 0.379 e. The van der Waals surface area contributed by atoms with Gasteiger partial charge in [0.1, 0.15) is 0 Å². The predicted octanol–water partition coefficient (Wildman–Crippen LogP) is 3.39. The third-order valence-corrected chi connectivity index (χ3v) is 4.05. The highest BCUT2D eigenvalue weighted by Gasteiger charge is 2.32. The molecule has 0 saturated heterocycles. The Hall–Kier alpha value is -2.62. The molecule has 2 aromatic rings. The van der Waals surface area contributed by atoms with Gasteiger partial charge in [-0.15, -0.1) is 0 Å². The highest BCUT2D eigenvalue weighted by Crippen LogP contribution is 2.27. The Morgan fingerprint density at radius 3 is 2.27 bits per heavy atom. The first-order valence-electron chi connectivity index (χ1n) is 7.27. The topological polar surface area (TPSA) is 49.4 Å². The molecule has 1 unspecified atom stereocenters. The van der Waals surface area contributed by atoms with E-state index in [1.54, 1.807) is 12.1 Å². The number of nitrogens with one attached hydrogen (secondary N) is 1. The lowest BCUT2D eigenvalue weighted by atomic mass is 10.0. The second kappa shape index (κ2) is 5.30. The monoisotopic (exact) mass is 294 g/mol. The van der Waals surface area contributed by atoms with Crippen LogP contribution in [0.3, 0.4) is 0 Å². The van der Waals surface area contributed by atoms with Gasteiger partial charge < -0.3 is 5.32 Å². The Bertz CT molecular complexity index is 750. The SMILES string of the molecule is Cc1ccc(C(C)Nc2ccc3c(c2)C(=O)N(C)C3=O)cc1. The van der Waals surface area contributed by atoms with Crippen LogP contribution in [0.4, 0.5) is 5.69 Å². The first kappa shape index (κ1) is 14.3. The number of nitrogens with zero attached hydrogens (tertiary/aromatic N) is 1. The highest BCUT2D eigenvalue weighted by molar-refractivity contribution is 6.21. The summed E-state index contributed by atoms with van der Waals surface area (Å²) in [6.07, 6.45) is 0. The summed E-state index contributed by atoms with van der Waals surface area (Å²) in [6.45, 7) is 4.12. The molecule has 0 radical (unpaired) electrons. The maximum Gasteiger partial charge on any atom is 0.261 e. The van der Waals surface area contributed by atoms with Gasteiger partial charge in [0.2, 0.25) is 0 Å². The van der Waals surface area contributed by atoms with Crippen LogP contribution in [0.15, 0.2) is 42.5 Å². The van der Waals surface area contributed by atoms with Crippen molar-refractivity contribution in [2.45, 2.75) is 19.9 Å². The van der Waals surface area contributed by atoms with Crippen molar-refractivity contribution in [3.63, 3.8) is 0 Å². The number of hydrogen-bond acceptors (Lipinski definition) is 3. The zero-order chi connectivity index (χ0) is 15.9. The molecule has 1 aliphatic rings. The second-order valence-corrected chi connectivity index (χ2v) is 5.71. The first-order valence-corrected chi connectivity index (χ1v) is 7.27. The van der Waals surface area contributed by atoms with Gasteiger partial charge in [0.15, 0.2) is 0 Å². The number of imide groups is 1. The lowest BCUT2D eigenvalue weighted by Gasteiger charge is -2.16. The summed E-state index contributed by atoms with van der Waals surface area (Å²) in [5, 5.41) is 3.38. The van der Waals surface area contributed by atoms with Crippen LogP contribution in [0.25, 0.3) is 0 Å². The van der Waals surface area contributed by atoms with E-state index in [1.807, 2.05) is 6.07 Å². The summed E-state index contributed by atoms with van der Waals surface area (Å²) < 4.78 is 0. The first-order chi connectivity index (χ1) is 10.5. The Balaban J connectivity index is 1.84. The van der Waals surface area contributed by atoms with Gasteiger partial charge in [0.05, 0.1) is 11.1 Å². The van der Waals surface area contributed by atoms with Crippen LogP contribution < -0.4 is 5.32 Å². The molecular formula is C18H18N2O2. The minimum atomic E-state index is -0.244. The van der Waals surface area contributed by atoms with E-state index >= 15 is 0 Å². The van der Waals surface area contributed by atoms with Crippen molar-refractivity contribution >= 4 is 17.5 Å². The van der Waals surface area contributed by atoms with Crippen molar-refractivity contribution < 1.29 is 9.59 Å². The van der Waals surface area contributed by atoms with Crippen LogP contribution in [-0.2, 0) is 0 Å². The molecule has 3 rings (SSSR count). The minimum Gasteiger partial charge on any atom is -0.379 e. The van der Waals surface area contributed by atoms with E-state index in [9.17, 15) is 9.59 Å². The number of benzene rings is 2. The molecule has 0 saturated carbocycles. The number of carbonyl (C=O) groups excluding carboxylic acids is 2. The molecule has 1 atom stereocenters. The van der Waals surface area contributed by atoms with Crippen molar-refractivity contribution in [3.8, 4) is 0 Å². The van der Waals surface area contributed by atoms with Crippen LogP contribution in [-0.4, -0.2) is 23.8 Å². The van der Waals surface area contributed by atoms with Gasteiger partial charge in [-0.25, -0.2) is 0 Å². The summed E-state index contributed by atoms with van der Waals surface area (Å²) in [4.78, 5) is 25.1. The Labute approximate surface area is 129 Å². The molecule has 22 heavy (non-hydrogen) atoms. The summed E-state index contributed by atoms with van der Waals surface area (Å²) >= 11 is 0. The molecule has 2 aromatic carbocycles. The Kier molecular flexibility index (Phi) is 3.45. The Morgan fingerprint density at radius 2 is 1.59 bits per heavy atom. The second-order valence-electron chi connectivity index (χ2n) is 5.71. The van der Waals surface area contributed by atoms with Crippen molar-refractivity contribution in [1.82, 2.24) is 4.90 Å².